The van der Waals surface area contributed by atoms with Crippen LogP contribution in [0.5, 0.6) is 0 Å². The van der Waals surface area contributed by atoms with Crippen molar-refractivity contribution in [1.82, 2.24) is 19.4 Å². The van der Waals surface area contributed by atoms with Crippen molar-refractivity contribution in [2.45, 2.75) is 45.1 Å². The van der Waals surface area contributed by atoms with Crippen molar-refractivity contribution >= 4 is 11.8 Å². The quantitative estimate of drug-likeness (QED) is 0.770. The summed E-state index contributed by atoms with van der Waals surface area (Å²) in [6.07, 6.45) is 8.46. The molecule has 1 aromatic heterocycles. The number of amides is 2. The Morgan fingerprint density at radius 2 is 2.00 bits per heavy atom. The Labute approximate surface area is 137 Å². The Balaban J connectivity index is 1.65. The molecule has 6 heteroatoms. The largest absolute Gasteiger partial charge is 0.338 e. The number of carbonyl (C=O) groups is 2. The van der Waals surface area contributed by atoms with E-state index in [1.54, 1.807) is 16.0 Å². The summed E-state index contributed by atoms with van der Waals surface area (Å²) < 4.78 is 1.98. The minimum Gasteiger partial charge on any atom is -0.338 e. The molecule has 0 spiro atoms. The van der Waals surface area contributed by atoms with Gasteiger partial charge in [0.25, 0.3) is 0 Å². The van der Waals surface area contributed by atoms with E-state index in [4.69, 9.17) is 0 Å². The number of imidazole rings is 1. The lowest BCUT2D eigenvalue weighted by molar-refractivity contribution is -0.153. The predicted octanol–water partition coefficient (Wildman–Crippen LogP) is 1.21. The van der Waals surface area contributed by atoms with Gasteiger partial charge in [0.1, 0.15) is 5.82 Å². The van der Waals surface area contributed by atoms with E-state index in [9.17, 15) is 9.59 Å². The molecule has 1 unspecified atom stereocenters. The van der Waals surface area contributed by atoms with Gasteiger partial charge in [-0.1, -0.05) is 6.92 Å². The highest BCUT2D eigenvalue weighted by Crippen LogP contribution is 2.22. The van der Waals surface area contributed by atoms with Crippen LogP contribution in [0.15, 0.2) is 12.4 Å². The van der Waals surface area contributed by atoms with Gasteiger partial charge in [-0.05, 0) is 31.6 Å². The van der Waals surface area contributed by atoms with Crippen molar-refractivity contribution in [3.8, 4) is 0 Å². The van der Waals surface area contributed by atoms with Crippen LogP contribution in [-0.2, 0) is 23.1 Å². The average molecular weight is 318 g/mol. The van der Waals surface area contributed by atoms with Crippen molar-refractivity contribution in [2.24, 2.45) is 13.0 Å². The van der Waals surface area contributed by atoms with Crippen molar-refractivity contribution in [2.75, 3.05) is 19.6 Å². The number of nitrogens with zero attached hydrogens (tertiary/aromatic N) is 4. The predicted molar refractivity (Wildman–Crippen MR) is 86.6 cm³/mol. The Morgan fingerprint density at radius 1 is 1.22 bits per heavy atom. The van der Waals surface area contributed by atoms with Crippen LogP contribution in [0.4, 0.5) is 0 Å². The molecular weight excluding hydrogens is 292 g/mol. The number of piperidine rings is 1. The maximum atomic E-state index is 12.7. The third-order valence-electron chi connectivity index (χ3n) is 5.10. The van der Waals surface area contributed by atoms with Gasteiger partial charge in [0, 0.05) is 51.5 Å². The van der Waals surface area contributed by atoms with Gasteiger partial charge >= 0.3 is 11.8 Å². The molecule has 0 saturated carbocycles. The summed E-state index contributed by atoms with van der Waals surface area (Å²) in [5.74, 6) is 0.815. The summed E-state index contributed by atoms with van der Waals surface area (Å²) in [7, 11) is 1.96. The Bertz CT molecular complexity index is 583. The molecular formula is C17H26N4O2. The molecule has 0 N–H and O–H groups in total. The summed E-state index contributed by atoms with van der Waals surface area (Å²) in [5.41, 5.74) is 0. The third-order valence-corrected chi connectivity index (χ3v) is 5.10. The maximum Gasteiger partial charge on any atom is 0.312 e. The lowest BCUT2D eigenvalue weighted by Gasteiger charge is -2.32. The molecule has 126 valence electrons. The van der Waals surface area contributed by atoms with Crippen LogP contribution in [0.3, 0.4) is 0 Å². The van der Waals surface area contributed by atoms with E-state index < -0.39 is 0 Å². The Morgan fingerprint density at radius 3 is 2.70 bits per heavy atom. The molecule has 0 bridgehead atoms. The second-order valence-electron chi connectivity index (χ2n) is 6.95. The van der Waals surface area contributed by atoms with Gasteiger partial charge in [0.15, 0.2) is 0 Å². The normalized spacial score (nSPS) is 25.0. The zero-order valence-corrected chi connectivity index (χ0v) is 14.1. The second-order valence-corrected chi connectivity index (χ2v) is 6.95. The summed E-state index contributed by atoms with van der Waals surface area (Å²) in [4.78, 5) is 33.1. The molecule has 0 radical (unpaired) electrons. The van der Waals surface area contributed by atoms with E-state index in [-0.39, 0.29) is 17.9 Å². The molecule has 2 aliphatic heterocycles. The number of hydrogen-bond donors (Lipinski definition) is 0. The number of aryl methyl sites for hydroxylation is 1. The summed E-state index contributed by atoms with van der Waals surface area (Å²) >= 11 is 0. The summed E-state index contributed by atoms with van der Waals surface area (Å²) in [6, 6.07) is 0.0924. The number of aromatic nitrogens is 2. The maximum absolute atomic E-state index is 12.7. The van der Waals surface area contributed by atoms with Crippen LogP contribution in [0.1, 0.15) is 38.4 Å². The highest BCUT2D eigenvalue weighted by atomic mass is 16.2. The van der Waals surface area contributed by atoms with E-state index in [2.05, 4.69) is 11.9 Å². The number of hydrogen-bond acceptors (Lipinski definition) is 3. The standard InChI is InChI=1S/C17H26N4O2/c1-13-5-3-8-20(12-13)16(22)17(23)21-9-4-6-14(21)11-15-18-7-10-19(15)2/h7,10,13-14H,3-6,8-9,11-12H2,1-2H3/t13?,14-/m1/s1. The minimum absolute atomic E-state index is 0.0924. The first-order chi connectivity index (χ1) is 11.1. The fourth-order valence-corrected chi connectivity index (χ4v) is 3.75. The molecule has 3 rings (SSSR count). The fraction of sp³-hybridized carbons (Fsp3) is 0.706. The zero-order valence-electron chi connectivity index (χ0n) is 14.1. The fourth-order valence-electron chi connectivity index (χ4n) is 3.75. The van der Waals surface area contributed by atoms with E-state index in [1.165, 1.54) is 0 Å². The van der Waals surface area contributed by atoms with E-state index in [1.807, 2.05) is 17.8 Å². The van der Waals surface area contributed by atoms with Crippen molar-refractivity contribution in [1.29, 1.82) is 0 Å². The van der Waals surface area contributed by atoms with Crippen molar-refractivity contribution < 1.29 is 9.59 Å². The number of likely N-dealkylation sites (tertiary alicyclic amines) is 2. The van der Waals surface area contributed by atoms with Gasteiger partial charge in [-0.2, -0.15) is 0 Å². The van der Waals surface area contributed by atoms with Crippen LogP contribution in [0.25, 0.3) is 0 Å². The molecule has 3 heterocycles. The average Bonchev–Trinajstić information content (AvgIpc) is 3.16. The molecule has 6 nitrogen and oxygen atoms in total. The molecule has 2 aliphatic rings. The monoisotopic (exact) mass is 318 g/mol. The lowest BCUT2D eigenvalue weighted by atomic mass is 10.0. The van der Waals surface area contributed by atoms with Crippen LogP contribution in [0, 0.1) is 5.92 Å². The molecule has 2 fully saturated rings. The van der Waals surface area contributed by atoms with Gasteiger partial charge in [-0.15, -0.1) is 0 Å². The smallest absolute Gasteiger partial charge is 0.312 e. The third kappa shape index (κ3) is 3.41. The highest BCUT2D eigenvalue weighted by molar-refractivity contribution is 6.35. The van der Waals surface area contributed by atoms with Crippen molar-refractivity contribution in [3.05, 3.63) is 18.2 Å². The van der Waals surface area contributed by atoms with Crippen molar-refractivity contribution in [3.63, 3.8) is 0 Å². The summed E-state index contributed by atoms with van der Waals surface area (Å²) in [5, 5.41) is 0. The zero-order chi connectivity index (χ0) is 16.4. The first-order valence-corrected chi connectivity index (χ1v) is 8.62. The molecule has 0 aromatic carbocycles. The first kappa shape index (κ1) is 16.0. The molecule has 2 saturated heterocycles. The summed E-state index contributed by atoms with van der Waals surface area (Å²) in [6.45, 7) is 4.25. The van der Waals surface area contributed by atoms with Crippen LogP contribution < -0.4 is 0 Å². The van der Waals surface area contributed by atoms with Crippen LogP contribution >= 0.6 is 0 Å². The molecule has 2 atom stereocenters. The number of carbonyl (C=O) groups excluding carboxylic acids is 2. The second kappa shape index (κ2) is 6.72. The van der Waals surface area contributed by atoms with E-state index in [0.717, 1.165) is 37.9 Å². The molecule has 1 aromatic rings. The molecule has 23 heavy (non-hydrogen) atoms. The van der Waals surface area contributed by atoms with Crippen LogP contribution in [-0.4, -0.2) is 56.8 Å². The van der Waals surface area contributed by atoms with Gasteiger partial charge in [0.05, 0.1) is 0 Å². The first-order valence-electron chi connectivity index (χ1n) is 8.62. The lowest BCUT2D eigenvalue weighted by Crippen LogP contribution is -2.50. The topological polar surface area (TPSA) is 58.4 Å². The van der Waals surface area contributed by atoms with Gasteiger partial charge < -0.3 is 14.4 Å². The van der Waals surface area contributed by atoms with Gasteiger partial charge in [-0.25, -0.2) is 4.98 Å². The van der Waals surface area contributed by atoms with E-state index in [0.29, 0.717) is 25.6 Å². The minimum atomic E-state index is -0.323. The Hall–Kier alpha value is -1.85. The number of rotatable bonds is 2. The van der Waals surface area contributed by atoms with E-state index >= 15 is 0 Å². The van der Waals surface area contributed by atoms with Gasteiger partial charge in [0.2, 0.25) is 0 Å². The van der Waals surface area contributed by atoms with Crippen LogP contribution in [0.2, 0.25) is 0 Å². The molecule has 0 aliphatic carbocycles. The molecule has 2 amide bonds. The highest BCUT2D eigenvalue weighted by Gasteiger charge is 2.36. The SMILES string of the molecule is CC1CCCN(C(=O)C(=O)N2CCC[C@@H]2Cc2nccn2C)C1. The Kier molecular flexibility index (Phi) is 4.68. The van der Waals surface area contributed by atoms with Gasteiger partial charge in [-0.3, -0.25) is 9.59 Å².